The quantitative estimate of drug-likeness (QED) is 0.233. The summed E-state index contributed by atoms with van der Waals surface area (Å²) in [4.78, 5) is 31.8. The number of ether oxygens (including phenoxy) is 3. The van der Waals surface area contributed by atoms with Crippen molar-refractivity contribution in [2.24, 2.45) is 0 Å². The molecule has 0 aliphatic carbocycles. The number of alkyl halides is 3. The van der Waals surface area contributed by atoms with Crippen molar-refractivity contribution >= 4 is 18.2 Å². The highest BCUT2D eigenvalue weighted by molar-refractivity contribution is 5.89. The molecule has 0 saturated carbocycles. The monoisotopic (exact) mass is 468 g/mol. The predicted molar refractivity (Wildman–Crippen MR) is 113 cm³/mol. The third-order valence-corrected chi connectivity index (χ3v) is 3.98. The van der Waals surface area contributed by atoms with E-state index in [0.717, 1.165) is 0 Å². The number of rotatable bonds is 10. The Hall–Kier alpha value is -3.82. The average Bonchev–Trinajstić information content (AvgIpc) is 2.80. The van der Waals surface area contributed by atoms with Crippen molar-refractivity contribution in [1.82, 2.24) is 0 Å². The van der Waals surface area contributed by atoms with E-state index < -0.39 is 23.7 Å². The molecule has 0 radical (unpaired) electrons. The molecular weight excluding hydrogens is 445 g/mol. The highest BCUT2D eigenvalue weighted by atomic mass is 19.4. The second-order valence-corrected chi connectivity index (χ2v) is 6.39. The molecule has 0 amide bonds. The van der Waals surface area contributed by atoms with Crippen LogP contribution in [0.1, 0.15) is 33.6 Å². The van der Waals surface area contributed by atoms with Crippen molar-refractivity contribution in [3.63, 3.8) is 0 Å². The van der Waals surface area contributed by atoms with Gasteiger partial charge in [-0.25, -0.2) is 9.59 Å². The Labute approximate surface area is 188 Å². The number of hydrogen-bond donors (Lipinski definition) is 1. The summed E-state index contributed by atoms with van der Waals surface area (Å²) >= 11 is 0. The molecule has 0 fully saturated rings. The van der Waals surface area contributed by atoms with E-state index in [-0.39, 0.29) is 12.2 Å². The number of carboxylic acid groups (broad SMARTS) is 1. The molecule has 0 saturated heterocycles. The first-order valence-corrected chi connectivity index (χ1v) is 9.57. The summed E-state index contributed by atoms with van der Waals surface area (Å²) in [5, 5.41) is 8.51. The lowest BCUT2D eigenvalue weighted by Gasteiger charge is -2.10. The number of esters is 1. The maximum Gasteiger partial charge on any atom is 0.422 e. The lowest BCUT2D eigenvalue weighted by Crippen LogP contribution is -2.21. The van der Waals surface area contributed by atoms with E-state index in [1.54, 1.807) is 36.4 Å². The third-order valence-electron chi connectivity index (χ3n) is 3.98. The summed E-state index contributed by atoms with van der Waals surface area (Å²) in [5.74, 6) is -1.14. The molecule has 2 aromatic rings. The Bertz CT molecular complexity index is 921. The highest BCUT2D eigenvalue weighted by Gasteiger charge is 2.37. The number of benzene rings is 2. The lowest BCUT2D eigenvalue weighted by atomic mass is 10.2. The number of halogens is 3. The summed E-state index contributed by atoms with van der Waals surface area (Å²) in [7, 11) is 1.54. The fraction of sp³-hybridized carbons (Fsp3) is 0.261. The Morgan fingerprint density at radius 3 is 2.00 bits per heavy atom. The number of hydrogen-bond acceptors (Lipinski definition) is 6. The van der Waals surface area contributed by atoms with Crippen LogP contribution >= 0.6 is 0 Å². The number of aldehydes is 1. The normalized spacial score (nSPS) is 10.3. The van der Waals surface area contributed by atoms with E-state index in [1.807, 2.05) is 0 Å². The minimum Gasteiger partial charge on any atom is -0.497 e. The molecule has 0 unspecified atom stereocenters. The van der Waals surface area contributed by atoms with Crippen LogP contribution in [0.3, 0.4) is 0 Å². The summed E-state index contributed by atoms with van der Waals surface area (Å²) in [6.07, 6.45) is -3.19. The minimum absolute atomic E-state index is 0.138. The Morgan fingerprint density at radius 1 is 0.970 bits per heavy atom. The van der Waals surface area contributed by atoms with Crippen LogP contribution in [-0.4, -0.2) is 49.8 Å². The Balaban J connectivity index is 0.000000412. The first-order chi connectivity index (χ1) is 15.6. The maximum atomic E-state index is 12.1. The van der Waals surface area contributed by atoms with Gasteiger partial charge in [-0.2, -0.15) is 13.2 Å². The van der Waals surface area contributed by atoms with Crippen molar-refractivity contribution < 1.29 is 46.9 Å². The van der Waals surface area contributed by atoms with E-state index in [9.17, 15) is 27.6 Å². The van der Waals surface area contributed by atoms with Crippen molar-refractivity contribution in [3.8, 4) is 11.5 Å². The zero-order valence-electron chi connectivity index (χ0n) is 17.8. The first kappa shape index (κ1) is 27.2. The van der Waals surface area contributed by atoms with Crippen LogP contribution in [0.15, 0.2) is 60.7 Å². The van der Waals surface area contributed by atoms with Crippen LogP contribution in [0.5, 0.6) is 11.5 Å². The molecule has 7 nitrogen and oxygen atoms in total. The number of methoxy groups -OCH3 is 1. The number of carboxylic acids is 1. The van der Waals surface area contributed by atoms with Crippen LogP contribution in [-0.2, 0) is 9.53 Å². The van der Waals surface area contributed by atoms with Gasteiger partial charge in [-0.15, -0.1) is 0 Å². The van der Waals surface area contributed by atoms with Crippen LogP contribution in [0.25, 0.3) is 0 Å². The van der Waals surface area contributed by atoms with Gasteiger partial charge in [-0.1, -0.05) is 6.58 Å². The summed E-state index contributed by atoms with van der Waals surface area (Å²) in [6, 6.07) is 12.7. The Kier molecular flexibility index (Phi) is 11.2. The van der Waals surface area contributed by atoms with Gasteiger partial charge in [0.2, 0.25) is 0 Å². The lowest BCUT2D eigenvalue weighted by molar-refractivity contribution is -0.150. The van der Waals surface area contributed by atoms with Gasteiger partial charge in [0.25, 0.3) is 0 Å². The Morgan fingerprint density at radius 2 is 1.52 bits per heavy atom. The van der Waals surface area contributed by atoms with Crippen molar-refractivity contribution in [3.05, 3.63) is 71.8 Å². The molecule has 0 heterocycles. The van der Waals surface area contributed by atoms with E-state index >= 15 is 0 Å². The molecule has 0 aliphatic rings. The van der Waals surface area contributed by atoms with Crippen LogP contribution < -0.4 is 9.47 Å². The topological polar surface area (TPSA) is 99.1 Å². The zero-order valence-corrected chi connectivity index (χ0v) is 17.8. The molecule has 0 spiro atoms. The molecule has 178 valence electrons. The molecule has 33 heavy (non-hydrogen) atoms. The van der Waals surface area contributed by atoms with Crippen molar-refractivity contribution in [2.75, 3.05) is 20.3 Å². The molecule has 2 aromatic carbocycles. The van der Waals surface area contributed by atoms with Gasteiger partial charge in [0, 0.05) is 5.56 Å². The van der Waals surface area contributed by atoms with E-state index in [4.69, 9.17) is 14.6 Å². The molecule has 10 heteroatoms. The molecule has 0 bridgehead atoms. The van der Waals surface area contributed by atoms with Gasteiger partial charge in [-0.05, 0) is 61.4 Å². The smallest absolute Gasteiger partial charge is 0.422 e. The van der Waals surface area contributed by atoms with E-state index in [2.05, 4.69) is 11.3 Å². The van der Waals surface area contributed by atoms with E-state index in [0.29, 0.717) is 42.8 Å². The molecule has 0 aromatic heterocycles. The van der Waals surface area contributed by atoms with Gasteiger partial charge in [-0.3, -0.25) is 4.79 Å². The summed E-state index contributed by atoms with van der Waals surface area (Å²) in [5.41, 5.74) is -0.714. The molecule has 2 rings (SSSR count). The zero-order chi connectivity index (χ0) is 24.9. The SMILES string of the molecule is C=C(C(=O)OCCCCOc1ccc(C=O)cc1)C(F)(F)F.COc1ccc(C(=O)O)cc1. The highest BCUT2D eigenvalue weighted by Crippen LogP contribution is 2.24. The molecular formula is C23H23F3O7. The van der Waals surface area contributed by atoms with Crippen molar-refractivity contribution in [2.45, 2.75) is 19.0 Å². The molecule has 1 N–H and O–H groups in total. The van der Waals surface area contributed by atoms with Crippen LogP contribution in [0.4, 0.5) is 13.2 Å². The first-order valence-electron chi connectivity index (χ1n) is 9.57. The number of carbonyl (C=O) groups is 3. The number of carbonyl (C=O) groups excluding carboxylic acids is 2. The van der Waals surface area contributed by atoms with E-state index in [1.165, 1.54) is 19.2 Å². The number of unbranched alkanes of at least 4 members (excludes halogenated alkanes) is 1. The number of aromatic carboxylic acids is 1. The van der Waals surface area contributed by atoms with Crippen LogP contribution in [0, 0.1) is 0 Å². The van der Waals surface area contributed by atoms with Crippen molar-refractivity contribution in [1.29, 1.82) is 0 Å². The standard InChI is InChI=1S/C15H15F3O4.C8H8O3/c1-11(15(16,17)18)14(20)22-9-3-2-8-21-13-6-4-12(10-19)5-7-13;1-11-7-4-2-6(3-5-7)8(9)10/h4-7,10H,1-3,8-9H2;2-5H,1H3,(H,9,10). The summed E-state index contributed by atoms with van der Waals surface area (Å²) in [6.45, 7) is 2.83. The van der Waals surface area contributed by atoms with Gasteiger partial charge in [0.1, 0.15) is 23.4 Å². The van der Waals surface area contributed by atoms with Gasteiger partial charge in [0.05, 0.1) is 25.9 Å². The van der Waals surface area contributed by atoms with Gasteiger partial charge >= 0.3 is 18.1 Å². The fourth-order valence-electron chi connectivity index (χ4n) is 2.14. The predicted octanol–water partition coefficient (Wildman–Crippen LogP) is 4.71. The maximum absolute atomic E-state index is 12.1. The minimum atomic E-state index is -4.77. The molecule has 0 atom stereocenters. The van der Waals surface area contributed by atoms with Gasteiger partial charge in [0.15, 0.2) is 0 Å². The second-order valence-electron chi connectivity index (χ2n) is 6.39. The summed E-state index contributed by atoms with van der Waals surface area (Å²) < 4.78 is 51.1. The second kappa shape index (κ2) is 13.6. The van der Waals surface area contributed by atoms with Crippen LogP contribution in [0.2, 0.25) is 0 Å². The van der Waals surface area contributed by atoms with Gasteiger partial charge < -0.3 is 19.3 Å². The largest absolute Gasteiger partial charge is 0.497 e. The fourth-order valence-corrected chi connectivity index (χ4v) is 2.14. The average molecular weight is 468 g/mol. The molecule has 0 aliphatic heterocycles. The third kappa shape index (κ3) is 10.4.